The lowest BCUT2D eigenvalue weighted by molar-refractivity contribution is 0.571. The number of hydrogen-bond acceptors (Lipinski definition) is 3. The molecule has 0 aliphatic carbocycles. The maximum Gasteiger partial charge on any atom is 0.0536 e. The number of aromatic nitrogens is 2. The molecule has 0 saturated carbocycles. The Bertz CT molecular complexity index is 513. The van der Waals surface area contributed by atoms with E-state index in [0.29, 0.717) is 5.69 Å². The normalized spacial score (nSPS) is 11.5. The van der Waals surface area contributed by atoms with Crippen LogP contribution in [0.25, 0.3) is 11.1 Å². The highest BCUT2D eigenvalue weighted by atomic mass is 14.7. The molecule has 88 valence electrons. The first-order chi connectivity index (χ1) is 7.98. The minimum atomic E-state index is -0.00764. The first-order valence-corrected chi connectivity index (χ1v) is 5.65. The SMILES string of the molecule is CC(C)(C)c1ncc(N)cc1-c1ccncc1. The molecule has 0 spiro atoms. The van der Waals surface area contributed by atoms with E-state index in [1.165, 1.54) is 0 Å². The summed E-state index contributed by atoms with van der Waals surface area (Å²) in [6.07, 6.45) is 5.28. The van der Waals surface area contributed by atoms with E-state index >= 15 is 0 Å². The van der Waals surface area contributed by atoms with Crippen molar-refractivity contribution in [2.24, 2.45) is 0 Å². The smallest absolute Gasteiger partial charge is 0.0536 e. The maximum atomic E-state index is 5.83. The summed E-state index contributed by atoms with van der Waals surface area (Å²) in [5.74, 6) is 0. The van der Waals surface area contributed by atoms with Gasteiger partial charge in [0.2, 0.25) is 0 Å². The maximum absolute atomic E-state index is 5.83. The summed E-state index contributed by atoms with van der Waals surface area (Å²) in [6, 6.07) is 5.93. The molecule has 17 heavy (non-hydrogen) atoms. The average molecular weight is 227 g/mol. The zero-order chi connectivity index (χ0) is 12.5. The van der Waals surface area contributed by atoms with E-state index in [-0.39, 0.29) is 5.41 Å². The van der Waals surface area contributed by atoms with Crippen LogP contribution >= 0.6 is 0 Å². The molecule has 0 aromatic carbocycles. The summed E-state index contributed by atoms with van der Waals surface area (Å²) in [6.45, 7) is 6.45. The van der Waals surface area contributed by atoms with E-state index in [2.05, 4.69) is 30.7 Å². The van der Waals surface area contributed by atoms with Crippen LogP contribution in [0, 0.1) is 0 Å². The van der Waals surface area contributed by atoms with E-state index < -0.39 is 0 Å². The molecule has 0 radical (unpaired) electrons. The molecule has 3 nitrogen and oxygen atoms in total. The van der Waals surface area contributed by atoms with Crippen LogP contribution in [0.15, 0.2) is 36.8 Å². The van der Waals surface area contributed by atoms with Crippen molar-refractivity contribution in [3.8, 4) is 11.1 Å². The van der Waals surface area contributed by atoms with Crippen LogP contribution < -0.4 is 5.73 Å². The Morgan fingerprint density at radius 1 is 1.12 bits per heavy atom. The first-order valence-electron chi connectivity index (χ1n) is 5.65. The van der Waals surface area contributed by atoms with Crippen molar-refractivity contribution in [1.29, 1.82) is 0 Å². The molecule has 0 atom stereocenters. The Morgan fingerprint density at radius 2 is 1.76 bits per heavy atom. The van der Waals surface area contributed by atoms with E-state index in [9.17, 15) is 0 Å². The van der Waals surface area contributed by atoms with Crippen molar-refractivity contribution in [2.45, 2.75) is 26.2 Å². The molecule has 2 heterocycles. The van der Waals surface area contributed by atoms with Crippen molar-refractivity contribution in [1.82, 2.24) is 9.97 Å². The molecule has 0 aliphatic heterocycles. The molecule has 0 bridgehead atoms. The van der Waals surface area contributed by atoms with Crippen molar-refractivity contribution in [3.05, 3.63) is 42.5 Å². The van der Waals surface area contributed by atoms with E-state index in [4.69, 9.17) is 5.73 Å². The molecule has 3 heteroatoms. The van der Waals surface area contributed by atoms with Crippen molar-refractivity contribution in [3.63, 3.8) is 0 Å². The topological polar surface area (TPSA) is 51.8 Å². The lowest BCUT2D eigenvalue weighted by Crippen LogP contribution is -2.15. The van der Waals surface area contributed by atoms with Crippen LogP contribution in [0.3, 0.4) is 0 Å². The van der Waals surface area contributed by atoms with Gasteiger partial charge in [0.05, 0.1) is 17.6 Å². The Morgan fingerprint density at radius 3 is 2.35 bits per heavy atom. The molecule has 2 aromatic heterocycles. The molecule has 2 N–H and O–H groups in total. The monoisotopic (exact) mass is 227 g/mol. The van der Waals surface area contributed by atoms with Gasteiger partial charge in [-0.25, -0.2) is 0 Å². The van der Waals surface area contributed by atoms with Crippen LogP contribution in [0.4, 0.5) is 5.69 Å². The summed E-state index contributed by atoms with van der Waals surface area (Å²) < 4.78 is 0. The van der Waals surface area contributed by atoms with Gasteiger partial charge in [-0.15, -0.1) is 0 Å². The Hall–Kier alpha value is -1.90. The largest absolute Gasteiger partial charge is 0.397 e. The summed E-state index contributed by atoms with van der Waals surface area (Å²) in [7, 11) is 0. The fourth-order valence-corrected chi connectivity index (χ4v) is 1.83. The third-order valence-electron chi connectivity index (χ3n) is 2.61. The second-order valence-corrected chi connectivity index (χ2v) is 5.15. The molecule has 0 saturated heterocycles. The number of nitrogens with two attached hydrogens (primary N) is 1. The predicted molar refractivity (Wildman–Crippen MR) is 70.6 cm³/mol. The number of nitrogens with zero attached hydrogens (tertiary/aromatic N) is 2. The Balaban J connectivity index is 2.64. The zero-order valence-corrected chi connectivity index (χ0v) is 10.4. The Kier molecular flexibility index (Phi) is 2.84. The second-order valence-electron chi connectivity index (χ2n) is 5.15. The van der Waals surface area contributed by atoms with Crippen LogP contribution in [0.5, 0.6) is 0 Å². The summed E-state index contributed by atoms with van der Waals surface area (Å²) in [5, 5.41) is 0. The quantitative estimate of drug-likeness (QED) is 0.814. The van der Waals surface area contributed by atoms with Crippen LogP contribution in [-0.4, -0.2) is 9.97 Å². The van der Waals surface area contributed by atoms with Crippen molar-refractivity contribution >= 4 is 5.69 Å². The number of hydrogen-bond donors (Lipinski definition) is 1. The van der Waals surface area contributed by atoms with E-state index in [1.807, 2.05) is 18.2 Å². The molecule has 0 unspecified atom stereocenters. The lowest BCUT2D eigenvalue weighted by atomic mass is 9.86. The van der Waals surface area contributed by atoms with Gasteiger partial charge in [0.1, 0.15) is 0 Å². The van der Waals surface area contributed by atoms with Gasteiger partial charge >= 0.3 is 0 Å². The minimum Gasteiger partial charge on any atom is -0.397 e. The number of anilines is 1. The Labute approximate surface area is 102 Å². The second kappa shape index (κ2) is 4.17. The number of rotatable bonds is 1. The minimum absolute atomic E-state index is 0.00764. The van der Waals surface area contributed by atoms with Gasteiger partial charge in [0, 0.05) is 23.4 Å². The zero-order valence-electron chi connectivity index (χ0n) is 10.4. The van der Waals surface area contributed by atoms with Gasteiger partial charge in [0.25, 0.3) is 0 Å². The summed E-state index contributed by atoms with van der Waals surface area (Å²) in [4.78, 5) is 8.51. The van der Waals surface area contributed by atoms with Gasteiger partial charge < -0.3 is 5.73 Å². The van der Waals surface area contributed by atoms with Gasteiger partial charge in [0.15, 0.2) is 0 Å². The average Bonchev–Trinajstić information content (AvgIpc) is 2.28. The summed E-state index contributed by atoms with van der Waals surface area (Å²) >= 11 is 0. The molecular formula is C14H17N3. The molecule has 2 aromatic rings. The van der Waals surface area contributed by atoms with Gasteiger partial charge in [-0.2, -0.15) is 0 Å². The van der Waals surface area contributed by atoms with E-state index in [0.717, 1.165) is 16.8 Å². The number of nitrogen functional groups attached to an aromatic ring is 1. The van der Waals surface area contributed by atoms with Crippen LogP contribution in [-0.2, 0) is 5.41 Å². The third kappa shape index (κ3) is 2.44. The van der Waals surface area contributed by atoms with E-state index in [1.54, 1.807) is 18.6 Å². The van der Waals surface area contributed by atoms with Crippen LogP contribution in [0.2, 0.25) is 0 Å². The fraction of sp³-hybridized carbons (Fsp3) is 0.286. The molecule has 0 aliphatic rings. The molecule has 2 rings (SSSR count). The highest BCUT2D eigenvalue weighted by Crippen LogP contribution is 2.32. The lowest BCUT2D eigenvalue weighted by Gasteiger charge is -2.21. The highest BCUT2D eigenvalue weighted by Gasteiger charge is 2.20. The molecular weight excluding hydrogens is 210 g/mol. The molecule has 0 amide bonds. The van der Waals surface area contributed by atoms with Crippen LogP contribution in [0.1, 0.15) is 26.5 Å². The van der Waals surface area contributed by atoms with Gasteiger partial charge in [-0.3, -0.25) is 9.97 Å². The highest BCUT2D eigenvalue weighted by molar-refractivity contribution is 5.69. The number of pyridine rings is 2. The van der Waals surface area contributed by atoms with Crippen molar-refractivity contribution < 1.29 is 0 Å². The predicted octanol–water partition coefficient (Wildman–Crippen LogP) is 3.02. The van der Waals surface area contributed by atoms with Gasteiger partial charge in [-0.1, -0.05) is 20.8 Å². The van der Waals surface area contributed by atoms with Crippen molar-refractivity contribution in [2.75, 3.05) is 5.73 Å². The standard InChI is InChI=1S/C14H17N3/c1-14(2,3)13-12(8-11(15)9-17-13)10-4-6-16-7-5-10/h4-9H,15H2,1-3H3. The molecule has 0 fully saturated rings. The third-order valence-corrected chi connectivity index (χ3v) is 2.61. The first kappa shape index (κ1) is 11.6. The summed E-state index contributed by atoms with van der Waals surface area (Å²) in [5.41, 5.74) is 9.75. The fourth-order valence-electron chi connectivity index (χ4n) is 1.83. The van der Waals surface area contributed by atoms with Gasteiger partial charge in [-0.05, 0) is 23.8 Å².